The van der Waals surface area contributed by atoms with Crippen LogP contribution in [0.2, 0.25) is 0 Å². The second kappa shape index (κ2) is 14.4. The van der Waals surface area contributed by atoms with Gasteiger partial charge in [0.1, 0.15) is 0 Å². The predicted octanol–water partition coefficient (Wildman–Crippen LogP) is 11.8. The molecule has 2 nitrogen and oxygen atoms in total. The Morgan fingerprint density at radius 1 is 0.540 bits per heavy atom. The summed E-state index contributed by atoms with van der Waals surface area (Å²) in [4.78, 5) is 0. The minimum atomic E-state index is -0.605. The van der Waals surface area contributed by atoms with Gasteiger partial charge in [-0.3, -0.25) is 0 Å². The van der Waals surface area contributed by atoms with Crippen molar-refractivity contribution in [1.82, 2.24) is 0 Å². The fourth-order valence-corrected chi connectivity index (χ4v) is 12.5. The van der Waals surface area contributed by atoms with Crippen LogP contribution < -0.4 is 0 Å². The molecule has 6 heteroatoms. The largest absolute Gasteiger partial charge is 0.385 e. The van der Waals surface area contributed by atoms with Gasteiger partial charge in [-0.2, -0.15) is 0 Å². The van der Waals surface area contributed by atoms with Crippen LogP contribution >= 0.6 is 22.9 Å². The first kappa shape index (κ1) is 39.7. The second-order valence-corrected chi connectivity index (χ2v) is 20.2. The van der Waals surface area contributed by atoms with Crippen LogP contribution in [0.1, 0.15) is 181 Å². The number of para-hydroxylation sites is 2. The summed E-state index contributed by atoms with van der Waals surface area (Å²) in [7, 11) is 0. The van der Waals surface area contributed by atoms with Crippen molar-refractivity contribution in [1.29, 1.82) is 0 Å². The molecule has 0 saturated heterocycles. The molecule has 0 aromatic heterocycles. The fourth-order valence-electron chi connectivity index (χ4n) is 11.3. The van der Waals surface area contributed by atoms with E-state index in [0.717, 1.165) is 11.8 Å². The van der Waals surface area contributed by atoms with Gasteiger partial charge in [-0.25, -0.2) is 9.15 Å². The van der Waals surface area contributed by atoms with E-state index in [0.29, 0.717) is 23.7 Å². The third kappa shape index (κ3) is 6.41. The Morgan fingerprint density at radius 3 is 1.04 bits per heavy atom. The SMILES string of the molecule is CC(C)c1cccc(C(C)C)c1[N+]1=C([BH2-]Cl)[C@]2(C)CC[C@@]1(C)C[C@@H]2C.CC(C)c1cccc(C(C)C)c1[N+]1=C([BH2-]Cl)[C@]2(C)CC[C@@]1(C)C[C@@H]2C. The molecular weight excluding hydrogens is 649 g/mol. The Balaban J connectivity index is 0.000000194. The summed E-state index contributed by atoms with van der Waals surface area (Å²) in [6.07, 6.45) is 7.72. The number of halogens is 2. The van der Waals surface area contributed by atoms with Crippen LogP contribution in [-0.4, -0.2) is 44.8 Å². The summed E-state index contributed by atoms with van der Waals surface area (Å²) < 4.78 is 5.52. The first-order chi connectivity index (χ1) is 23.3. The molecule has 0 unspecified atom stereocenters. The molecule has 0 radical (unpaired) electrons. The number of nitrogens with zero attached hydrogens (tertiary/aromatic N) is 2. The van der Waals surface area contributed by atoms with Gasteiger partial charge < -0.3 is 22.9 Å². The van der Waals surface area contributed by atoms with Crippen LogP contribution in [0.3, 0.4) is 0 Å². The quantitative estimate of drug-likeness (QED) is 0.189. The lowest BCUT2D eigenvalue weighted by molar-refractivity contribution is -0.555. The fraction of sp³-hybridized carbons (Fsp3) is 0.682. The zero-order chi connectivity index (χ0) is 37.1. The molecule has 2 saturated carbocycles. The maximum Gasteiger partial charge on any atom is 0.209 e. The van der Waals surface area contributed by atoms with E-state index in [2.05, 4.69) is 142 Å². The number of benzene rings is 2. The number of hydrogen-bond donors (Lipinski definition) is 0. The van der Waals surface area contributed by atoms with Crippen molar-refractivity contribution in [2.24, 2.45) is 22.7 Å². The van der Waals surface area contributed by atoms with Gasteiger partial charge in [-0.05, 0) is 48.3 Å². The van der Waals surface area contributed by atoms with E-state index in [4.69, 9.17) is 22.9 Å². The highest BCUT2D eigenvalue weighted by Gasteiger charge is 2.59. The van der Waals surface area contributed by atoms with E-state index >= 15 is 0 Å². The highest BCUT2D eigenvalue weighted by Crippen LogP contribution is 2.56. The summed E-state index contributed by atoms with van der Waals surface area (Å²) in [5, 5.41) is 0. The van der Waals surface area contributed by atoms with E-state index in [-0.39, 0.29) is 21.9 Å². The van der Waals surface area contributed by atoms with E-state index in [1.807, 2.05) is 0 Å². The molecule has 0 amide bonds. The topological polar surface area (TPSA) is 6.02 Å². The molecule has 2 aromatic carbocycles. The molecule has 0 N–H and O–H groups in total. The minimum absolute atomic E-state index is 0.222. The Morgan fingerprint density at radius 2 is 0.820 bits per heavy atom. The van der Waals surface area contributed by atoms with Crippen molar-refractivity contribution >= 4 is 58.9 Å². The first-order valence-corrected chi connectivity index (χ1v) is 22.0. The minimum Gasteiger partial charge on any atom is -0.385 e. The zero-order valence-corrected chi connectivity index (χ0v) is 36.3. The highest BCUT2D eigenvalue weighted by atomic mass is 35.5. The Kier molecular flexibility index (Phi) is 11.4. The predicted molar refractivity (Wildman–Crippen MR) is 227 cm³/mol. The van der Waals surface area contributed by atoms with E-state index in [1.165, 1.54) is 72.2 Å². The summed E-state index contributed by atoms with van der Waals surface area (Å²) in [6.45, 7) is 32.3. The monoisotopic (exact) mass is 719 g/mol. The standard InChI is InChI=1S/2C22H35BClN/c2*1-14(2)17-9-8-10-18(15(3)4)19(17)25-20(23-24)22(7)12-11-21(25,6)13-16(22)5/h2*8-10,14-16H,11-13,23H2,1-7H3/t2*16-,21-,22+/m00/s1. The summed E-state index contributed by atoms with van der Waals surface area (Å²) in [6, 6.07) is 13.9. The smallest absolute Gasteiger partial charge is 0.209 e. The zero-order valence-electron chi connectivity index (χ0n) is 34.8. The van der Waals surface area contributed by atoms with Crippen LogP contribution in [0.15, 0.2) is 36.4 Å². The molecular formula is C44H70B2Cl2N2. The Bertz CT molecular complexity index is 1480. The second-order valence-electron chi connectivity index (χ2n) is 19.4. The van der Waals surface area contributed by atoms with E-state index in [1.54, 1.807) is 11.2 Å². The van der Waals surface area contributed by atoms with Crippen molar-refractivity contribution in [3.63, 3.8) is 0 Å². The van der Waals surface area contributed by atoms with Gasteiger partial charge in [0, 0.05) is 83.8 Å². The van der Waals surface area contributed by atoms with E-state index in [9.17, 15) is 0 Å². The molecule has 8 rings (SSSR count). The van der Waals surface area contributed by atoms with Crippen LogP contribution in [0, 0.1) is 22.7 Å². The molecule has 50 heavy (non-hydrogen) atoms. The summed E-state index contributed by atoms with van der Waals surface area (Å²) in [5.41, 5.74) is 13.1. The molecule has 276 valence electrons. The third-order valence-corrected chi connectivity index (χ3v) is 15.6. The molecule has 4 aliphatic heterocycles. The van der Waals surface area contributed by atoms with Crippen molar-refractivity contribution in [3.05, 3.63) is 58.7 Å². The van der Waals surface area contributed by atoms with Crippen molar-refractivity contribution in [3.8, 4) is 0 Å². The van der Waals surface area contributed by atoms with Gasteiger partial charge in [0.05, 0.1) is 0 Å². The van der Waals surface area contributed by atoms with Crippen LogP contribution in [0.5, 0.6) is 0 Å². The Labute approximate surface area is 318 Å². The Hall–Kier alpha value is -1.51. The molecule has 4 bridgehead atoms. The number of fused-ring (bicyclic) bond motifs is 4. The molecule has 6 atom stereocenters. The van der Waals surface area contributed by atoms with Gasteiger partial charge in [0.2, 0.25) is 11.4 Å². The molecule has 6 aliphatic rings. The summed E-state index contributed by atoms with van der Waals surface area (Å²) in [5.74, 6) is 3.57. The summed E-state index contributed by atoms with van der Waals surface area (Å²) >= 11 is 13.5. The maximum atomic E-state index is 6.75. The van der Waals surface area contributed by atoms with Gasteiger partial charge >= 0.3 is 0 Å². The molecule has 2 aromatic rings. The van der Waals surface area contributed by atoms with Gasteiger partial charge in [0.25, 0.3) is 0 Å². The number of rotatable bonds is 8. The molecule has 2 aliphatic carbocycles. The van der Waals surface area contributed by atoms with Crippen molar-refractivity contribution in [2.75, 3.05) is 0 Å². The molecule has 2 fully saturated rings. The normalized spacial score (nSPS) is 32.2. The van der Waals surface area contributed by atoms with Crippen LogP contribution in [0.4, 0.5) is 11.4 Å². The number of hydrogen-bond acceptors (Lipinski definition) is 0. The van der Waals surface area contributed by atoms with Crippen molar-refractivity contribution in [2.45, 2.75) is 170 Å². The third-order valence-electron chi connectivity index (χ3n) is 14.9. The lowest BCUT2D eigenvalue weighted by Crippen LogP contribution is -2.61. The van der Waals surface area contributed by atoms with Gasteiger partial charge in [-0.15, -0.1) is 0 Å². The van der Waals surface area contributed by atoms with Gasteiger partial charge in [0.15, 0.2) is 24.5 Å². The first-order valence-electron chi connectivity index (χ1n) is 20.5. The maximum absolute atomic E-state index is 6.75. The lowest BCUT2D eigenvalue weighted by atomic mass is 9.53. The molecule has 4 heterocycles. The average Bonchev–Trinajstić information content (AvgIpc) is 3.05. The lowest BCUT2D eigenvalue weighted by Gasteiger charge is -2.54. The average molecular weight is 720 g/mol. The highest BCUT2D eigenvalue weighted by molar-refractivity contribution is 7.12. The van der Waals surface area contributed by atoms with Crippen LogP contribution in [-0.2, 0) is 0 Å². The van der Waals surface area contributed by atoms with Crippen molar-refractivity contribution < 1.29 is 9.15 Å². The van der Waals surface area contributed by atoms with Crippen LogP contribution in [0.25, 0.3) is 0 Å². The van der Waals surface area contributed by atoms with E-state index < -0.39 is 13.4 Å². The van der Waals surface area contributed by atoms with Gasteiger partial charge in [-0.1, -0.05) is 119 Å². The molecule has 0 spiro atoms.